The molecule has 0 saturated carbocycles. The van der Waals surface area contributed by atoms with Gasteiger partial charge in [0.1, 0.15) is 5.01 Å². The fourth-order valence-electron chi connectivity index (χ4n) is 2.36. The molecule has 2 aromatic rings. The lowest BCUT2D eigenvalue weighted by atomic mass is 10.2. The Morgan fingerprint density at radius 3 is 2.68 bits per heavy atom. The second-order valence-electron chi connectivity index (χ2n) is 6.01. The number of aromatic nitrogens is 1. The number of alkyl halides is 3. The molecule has 2 rings (SSSR count). The second kappa shape index (κ2) is 7.95. The zero-order valence-electron chi connectivity index (χ0n) is 14.0. The maximum atomic E-state index is 12.1. The van der Waals surface area contributed by atoms with Crippen LogP contribution in [0.1, 0.15) is 29.8 Å². The number of Topliss-reactive ketones (excluding diaryl/α,β-unsaturated/α-hetero) is 1. The highest BCUT2D eigenvalue weighted by molar-refractivity contribution is 7.18. The number of hydrogen-bond donors (Lipinski definition) is 0. The molecule has 4 nitrogen and oxygen atoms in total. The summed E-state index contributed by atoms with van der Waals surface area (Å²) in [5.74, 6) is -0.653. The Bertz CT molecular complexity index is 771. The van der Waals surface area contributed by atoms with Gasteiger partial charge in [-0.2, -0.15) is 13.2 Å². The van der Waals surface area contributed by atoms with Gasteiger partial charge in [-0.3, -0.25) is 9.59 Å². The summed E-state index contributed by atoms with van der Waals surface area (Å²) in [6.07, 6.45) is -5.63. The predicted octanol–water partition coefficient (Wildman–Crippen LogP) is 3.91. The van der Waals surface area contributed by atoms with Crippen molar-refractivity contribution >= 4 is 33.2 Å². The van der Waals surface area contributed by atoms with E-state index in [1.165, 1.54) is 23.3 Å². The largest absolute Gasteiger partial charge is 0.389 e. The molecular formula is C17H19F3N2O2S. The summed E-state index contributed by atoms with van der Waals surface area (Å²) in [6.45, 7) is 1.85. The average Bonchev–Trinajstić information content (AvgIpc) is 2.86. The highest BCUT2D eigenvalue weighted by Crippen LogP contribution is 2.24. The Morgan fingerprint density at radius 1 is 1.28 bits per heavy atom. The number of aryl methyl sites for hydroxylation is 1. The van der Waals surface area contributed by atoms with Gasteiger partial charge in [0.15, 0.2) is 5.78 Å². The SMILES string of the molecule is Cc1ccc2nc(CC(=O)CN(C)C(=O)CCCC(F)(F)F)sc2c1. The molecule has 25 heavy (non-hydrogen) atoms. The van der Waals surface area contributed by atoms with Crippen molar-refractivity contribution < 1.29 is 22.8 Å². The van der Waals surface area contributed by atoms with Crippen molar-refractivity contribution in [2.75, 3.05) is 13.6 Å². The Kier molecular flexibility index (Phi) is 6.16. The Hall–Kier alpha value is -1.96. The van der Waals surface area contributed by atoms with E-state index in [0.717, 1.165) is 15.8 Å². The molecule has 0 saturated heterocycles. The summed E-state index contributed by atoms with van der Waals surface area (Å²) in [5, 5.41) is 0.670. The van der Waals surface area contributed by atoms with Gasteiger partial charge < -0.3 is 4.90 Å². The van der Waals surface area contributed by atoms with Crippen LogP contribution in [-0.2, 0) is 16.0 Å². The van der Waals surface area contributed by atoms with Crippen molar-refractivity contribution in [3.63, 3.8) is 0 Å². The number of carbonyl (C=O) groups is 2. The van der Waals surface area contributed by atoms with E-state index in [2.05, 4.69) is 4.98 Å². The van der Waals surface area contributed by atoms with Crippen LogP contribution < -0.4 is 0 Å². The number of carbonyl (C=O) groups excluding carboxylic acids is 2. The molecule has 0 aliphatic heterocycles. The monoisotopic (exact) mass is 372 g/mol. The fraction of sp³-hybridized carbons (Fsp3) is 0.471. The van der Waals surface area contributed by atoms with Gasteiger partial charge in [-0.1, -0.05) is 6.07 Å². The van der Waals surface area contributed by atoms with E-state index >= 15 is 0 Å². The number of likely N-dealkylation sites (N-methyl/N-ethyl adjacent to an activating group) is 1. The van der Waals surface area contributed by atoms with Crippen molar-refractivity contribution in [2.24, 2.45) is 0 Å². The normalized spacial score (nSPS) is 11.7. The number of amides is 1. The smallest absolute Gasteiger partial charge is 0.338 e. The molecule has 0 unspecified atom stereocenters. The molecule has 0 aliphatic carbocycles. The van der Waals surface area contributed by atoms with Crippen molar-refractivity contribution in [1.29, 1.82) is 0 Å². The number of thiazole rings is 1. The zero-order valence-corrected chi connectivity index (χ0v) is 14.8. The molecule has 1 heterocycles. The quantitative estimate of drug-likeness (QED) is 0.740. The lowest BCUT2D eigenvalue weighted by Crippen LogP contribution is -2.32. The van der Waals surface area contributed by atoms with Crippen LogP contribution in [0, 0.1) is 6.92 Å². The van der Waals surface area contributed by atoms with Crippen LogP contribution in [0.4, 0.5) is 13.2 Å². The summed E-state index contributed by atoms with van der Waals surface area (Å²) >= 11 is 1.43. The summed E-state index contributed by atoms with van der Waals surface area (Å²) in [5.41, 5.74) is 1.94. The molecule has 1 aromatic heterocycles. The summed E-state index contributed by atoms with van der Waals surface area (Å²) in [6, 6.07) is 5.84. The van der Waals surface area contributed by atoms with Gasteiger partial charge in [-0.25, -0.2) is 4.98 Å². The van der Waals surface area contributed by atoms with E-state index < -0.39 is 18.5 Å². The number of hydrogen-bond acceptors (Lipinski definition) is 4. The van der Waals surface area contributed by atoms with Gasteiger partial charge >= 0.3 is 6.18 Å². The first-order valence-electron chi connectivity index (χ1n) is 7.82. The molecule has 0 atom stereocenters. The average molecular weight is 372 g/mol. The number of halogens is 3. The first kappa shape index (κ1) is 19.4. The summed E-state index contributed by atoms with van der Waals surface area (Å²) < 4.78 is 37.3. The minimum atomic E-state index is -4.26. The number of rotatable bonds is 7. The fourth-order valence-corrected chi connectivity index (χ4v) is 3.46. The lowest BCUT2D eigenvalue weighted by molar-refractivity contribution is -0.140. The van der Waals surface area contributed by atoms with Crippen LogP contribution in [-0.4, -0.2) is 41.3 Å². The van der Waals surface area contributed by atoms with Gasteiger partial charge in [0.25, 0.3) is 0 Å². The minimum Gasteiger partial charge on any atom is -0.338 e. The second-order valence-corrected chi connectivity index (χ2v) is 7.13. The maximum absolute atomic E-state index is 12.1. The van der Waals surface area contributed by atoms with Crippen LogP contribution in [0.5, 0.6) is 0 Å². The minimum absolute atomic E-state index is 0.110. The van der Waals surface area contributed by atoms with E-state index in [1.54, 1.807) is 0 Å². The Labute approximate surface area is 147 Å². The van der Waals surface area contributed by atoms with Gasteiger partial charge in [0, 0.05) is 19.9 Å². The lowest BCUT2D eigenvalue weighted by Gasteiger charge is -2.16. The summed E-state index contributed by atoms with van der Waals surface area (Å²) in [4.78, 5) is 29.5. The molecular weight excluding hydrogens is 353 g/mol. The van der Waals surface area contributed by atoms with Crippen molar-refractivity contribution in [3.8, 4) is 0 Å². The topological polar surface area (TPSA) is 50.3 Å². The summed E-state index contributed by atoms with van der Waals surface area (Å²) in [7, 11) is 1.43. The van der Waals surface area contributed by atoms with Crippen LogP contribution in [0.15, 0.2) is 18.2 Å². The molecule has 1 amide bonds. The standard InChI is InChI=1S/C17H19F3N2O2S/c1-11-5-6-13-14(8-11)25-15(21-13)9-12(23)10-22(2)16(24)4-3-7-17(18,19)20/h5-6,8H,3-4,7,9-10H2,1-2H3. The van der Waals surface area contributed by atoms with Gasteiger partial charge in [-0.05, 0) is 31.0 Å². The van der Waals surface area contributed by atoms with E-state index in [9.17, 15) is 22.8 Å². The number of ketones is 1. The van der Waals surface area contributed by atoms with Crippen molar-refractivity contribution in [3.05, 3.63) is 28.8 Å². The molecule has 0 aliphatic rings. The molecule has 0 spiro atoms. The third-order valence-corrected chi connectivity index (χ3v) is 4.64. The zero-order chi connectivity index (χ0) is 18.6. The van der Waals surface area contributed by atoms with Crippen LogP contribution in [0.2, 0.25) is 0 Å². The van der Waals surface area contributed by atoms with E-state index in [1.807, 2.05) is 25.1 Å². The molecule has 0 N–H and O–H groups in total. The highest BCUT2D eigenvalue weighted by atomic mass is 32.1. The number of benzene rings is 1. The number of nitrogens with zero attached hydrogens (tertiary/aromatic N) is 2. The van der Waals surface area contributed by atoms with Gasteiger partial charge in [-0.15, -0.1) is 11.3 Å². The molecule has 0 radical (unpaired) electrons. The molecule has 8 heteroatoms. The van der Waals surface area contributed by atoms with Gasteiger partial charge in [0.2, 0.25) is 5.91 Å². The third-order valence-electron chi connectivity index (χ3n) is 3.63. The van der Waals surface area contributed by atoms with E-state index in [4.69, 9.17) is 0 Å². The van der Waals surface area contributed by atoms with Gasteiger partial charge in [0.05, 0.1) is 23.2 Å². The van der Waals surface area contributed by atoms with E-state index in [0.29, 0.717) is 5.01 Å². The molecule has 0 fully saturated rings. The highest BCUT2D eigenvalue weighted by Gasteiger charge is 2.27. The first-order valence-corrected chi connectivity index (χ1v) is 8.64. The van der Waals surface area contributed by atoms with Crippen LogP contribution in [0.3, 0.4) is 0 Å². The van der Waals surface area contributed by atoms with Crippen LogP contribution >= 0.6 is 11.3 Å². The predicted molar refractivity (Wildman–Crippen MR) is 90.6 cm³/mol. The molecule has 1 aromatic carbocycles. The Morgan fingerprint density at radius 2 is 2.00 bits per heavy atom. The third kappa shape index (κ3) is 6.12. The van der Waals surface area contributed by atoms with Crippen molar-refractivity contribution in [2.45, 2.75) is 38.8 Å². The Balaban J connectivity index is 1.84. The van der Waals surface area contributed by atoms with Crippen molar-refractivity contribution in [1.82, 2.24) is 9.88 Å². The van der Waals surface area contributed by atoms with Crippen LogP contribution in [0.25, 0.3) is 10.2 Å². The number of fused-ring (bicyclic) bond motifs is 1. The maximum Gasteiger partial charge on any atom is 0.389 e. The molecule has 0 bridgehead atoms. The first-order chi connectivity index (χ1) is 11.6. The van der Waals surface area contributed by atoms with E-state index in [-0.39, 0.29) is 31.6 Å². The molecule has 136 valence electrons.